The van der Waals surface area contributed by atoms with Crippen molar-refractivity contribution in [2.24, 2.45) is 0 Å². The molecule has 0 aliphatic heterocycles. The summed E-state index contributed by atoms with van der Waals surface area (Å²) in [4.78, 5) is 2.35. The molecule has 6 heteroatoms. The summed E-state index contributed by atoms with van der Waals surface area (Å²) in [6.07, 6.45) is 0. The summed E-state index contributed by atoms with van der Waals surface area (Å²) >= 11 is 10.7. The molecular weight excluding hydrogens is 365 g/mol. The minimum atomic E-state index is -0.483. The van der Waals surface area contributed by atoms with Crippen LogP contribution in [0.5, 0.6) is 5.75 Å². The van der Waals surface area contributed by atoms with E-state index in [1.54, 1.807) is 11.3 Å². The summed E-state index contributed by atoms with van der Waals surface area (Å²) in [7, 11) is 0. The van der Waals surface area contributed by atoms with Gasteiger partial charge >= 0.3 is 0 Å². The Labute approximate surface area is 135 Å². The fraction of sp³-hybridized carbons (Fsp3) is 0.286. The minimum Gasteiger partial charge on any atom is -0.487 e. The predicted octanol–water partition coefficient (Wildman–Crippen LogP) is 4.99. The van der Waals surface area contributed by atoms with E-state index in [0.717, 1.165) is 18.0 Å². The number of rotatable bonds is 6. The average molecular weight is 379 g/mol. The normalized spacial score (nSPS) is 10.8. The van der Waals surface area contributed by atoms with E-state index in [-0.39, 0.29) is 5.02 Å². The maximum Gasteiger partial charge on any atom is 0.145 e. The smallest absolute Gasteiger partial charge is 0.145 e. The summed E-state index contributed by atoms with van der Waals surface area (Å²) in [5.41, 5.74) is 0. The predicted molar refractivity (Wildman–Crippen MR) is 85.1 cm³/mol. The highest BCUT2D eigenvalue weighted by Gasteiger charge is 2.09. The Kier molecular flexibility index (Phi) is 5.84. The van der Waals surface area contributed by atoms with Crippen LogP contribution in [-0.2, 0) is 13.2 Å². The first kappa shape index (κ1) is 15.8. The van der Waals surface area contributed by atoms with Crippen molar-refractivity contribution in [3.05, 3.63) is 49.3 Å². The summed E-state index contributed by atoms with van der Waals surface area (Å²) in [5.74, 6) is -0.0302. The molecule has 0 spiro atoms. The van der Waals surface area contributed by atoms with E-state index in [1.807, 2.05) is 6.07 Å². The van der Waals surface area contributed by atoms with Gasteiger partial charge in [0.2, 0.25) is 0 Å². The standard InChI is InChI=1S/C14H14BrClFNOS/c1-2-18-7-9-3-4-10(20-9)8-19-14-6-13(17)12(16)5-11(14)15/h3-6,18H,2,7-8H2,1H3. The van der Waals surface area contributed by atoms with Crippen LogP contribution in [0, 0.1) is 5.82 Å². The Morgan fingerprint density at radius 1 is 1.35 bits per heavy atom. The van der Waals surface area contributed by atoms with Gasteiger partial charge in [0, 0.05) is 22.4 Å². The van der Waals surface area contributed by atoms with E-state index in [1.165, 1.54) is 17.0 Å². The van der Waals surface area contributed by atoms with Crippen molar-refractivity contribution in [2.45, 2.75) is 20.1 Å². The van der Waals surface area contributed by atoms with Crippen LogP contribution in [0.2, 0.25) is 5.02 Å². The van der Waals surface area contributed by atoms with Crippen molar-refractivity contribution in [3.8, 4) is 5.75 Å². The summed E-state index contributed by atoms with van der Waals surface area (Å²) in [6, 6.07) is 6.89. The number of ether oxygens (including phenoxy) is 1. The second-order valence-corrected chi connectivity index (χ2v) is 6.65. The molecule has 0 bridgehead atoms. The molecule has 0 amide bonds. The van der Waals surface area contributed by atoms with Crippen LogP contribution in [0.1, 0.15) is 16.7 Å². The molecule has 0 saturated heterocycles. The van der Waals surface area contributed by atoms with Gasteiger partial charge in [-0.1, -0.05) is 18.5 Å². The third-order valence-electron chi connectivity index (χ3n) is 2.61. The summed E-state index contributed by atoms with van der Waals surface area (Å²) < 4.78 is 19.7. The van der Waals surface area contributed by atoms with Gasteiger partial charge in [-0.25, -0.2) is 4.39 Å². The lowest BCUT2D eigenvalue weighted by atomic mass is 10.3. The highest BCUT2D eigenvalue weighted by Crippen LogP contribution is 2.31. The first-order chi connectivity index (χ1) is 9.60. The molecule has 2 nitrogen and oxygen atoms in total. The van der Waals surface area contributed by atoms with Crippen molar-refractivity contribution in [2.75, 3.05) is 6.54 Å². The molecule has 1 aromatic heterocycles. The van der Waals surface area contributed by atoms with Crippen LogP contribution >= 0.6 is 38.9 Å². The zero-order valence-electron chi connectivity index (χ0n) is 10.9. The van der Waals surface area contributed by atoms with E-state index in [4.69, 9.17) is 16.3 Å². The highest BCUT2D eigenvalue weighted by atomic mass is 79.9. The SMILES string of the molecule is CCNCc1ccc(COc2cc(F)c(Cl)cc2Br)s1. The molecule has 0 fully saturated rings. The van der Waals surface area contributed by atoms with Crippen LogP contribution in [0.3, 0.4) is 0 Å². The van der Waals surface area contributed by atoms with Crippen LogP contribution in [0.25, 0.3) is 0 Å². The quantitative estimate of drug-likeness (QED) is 0.715. The van der Waals surface area contributed by atoms with Gasteiger partial charge < -0.3 is 10.1 Å². The van der Waals surface area contributed by atoms with Crippen molar-refractivity contribution in [3.63, 3.8) is 0 Å². The van der Waals surface area contributed by atoms with Crippen molar-refractivity contribution in [1.82, 2.24) is 5.32 Å². The van der Waals surface area contributed by atoms with Crippen LogP contribution < -0.4 is 10.1 Å². The van der Waals surface area contributed by atoms with Crippen molar-refractivity contribution < 1.29 is 9.13 Å². The summed E-state index contributed by atoms with van der Waals surface area (Å²) in [5, 5.41) is 3.35. The summed E-state index contributed by atoms with van der Waals surface area (Å²) in [6.45, 7) is 4.29. The highest BCUT2D eigenvalue weighted by molar-refractivity contribution is 9.10. The van der Waals surface area contributed by atoms with Gasteiger partial charge in [0.05, 0.1) is 9.50 Å². The molecule has 1 heterocycles. The van der Waals surface area contributed by atoms with Crippen LogP contribution in [0.4, 0.5) is 4.39 Å². The zero-order valence-corrected chi connectivity index (χ0v) is 14.0. The number of thiophene rings is 1. The Morgan fingerprint density at radius 3 is 2.85 bits per heavy atom. The topological polar surface area (TPSA) is 21.3 Å². The minimum absolute atomic E-state index is 0.0771. The van der Waals surface area contributed by atoms with Crippen molar-refractivity contribution >= 4 is 38.9 Å². The van der Waals surface area contributed by atoms with Gasteiger partial charge in [-0.15, -0.1) is 11.3 Å². The molecule has 0 radical (unpaired) electrons. The average Bonchev–Trinajstić information content (AvgIpc) is 2.87. The van der Waals surface area contributed by atoms with Crippen molar-refractivity contribution in [1.29, 1.82) is 0 Å². The Hall–Kier alpha value is -0.620. The van der Waals surface area contributed by atoms with Gasteiger partial charge in [-0.2, -0.15) is 0 Å². The molecule has 0 unspecified atom stereocenters. The monoisotopic (exact) mass is 377 g/mol. The van der Waals surface area contributed by atoms with Gasteiger partial charge in [0.1, 0.15) is 18.2 Å². The Bertz CT molecular complexity index is 591. The van der Waals surface area contributed by atoms with E-state index >= 15 is 0 Å². The number of benzene rings is 1. The molecule has 1 aromatic carbocycles. The van der Waals surface area contributed by atoms with Crippen LogP contribution in [0.15, 0.2) is 28.7 Å². The lowest BCUT2D eigenvalue weighted by Crippen LogP contribution is -2.10. The second kappa shape index (κ2) is 7.41. The number of halogens is 3. The number of hydrogen-bond acceptors (Lipinski definition) is 3. The fourth-order valence-electron chi connectivity index (χ4n) is 1.61. The molecule has 0 atom stereocenters. The first-order valence-corrected chi connectivity index (χ1v) is 8.14. The molecule has 0 saturated carbocycles. The third kappa shape index (κ3) is 4.19. The van der Waals surface area contributed by atoms with E-state index in [0.29, 0.717) is 16.8 Å². The number of hydrogen-bond donors (Lipinski definition) is 1. The Morgan fingerprint density at radius 2 is 2.10 bits per heavy atom. The van der Waals surface area contributed by atoms with Gasteiger partial charge in [-0.05, 0) is 40.7 Å². The molecule has 0 aliphatic carbocycles. The molecule has 0 aliphatic rings. The third-order valence-corrected chi connectivity index (χ3v) is 4.58. The first-order valence-electron chi connectivity index (χ1n) is 6.15. The number of nitrogens with one attached hydrogen (secondary N) is 1. The molecule has 2 rings (SSSR count). The molecular formula is C14H14BrClFNOS. The van der Waals surface area contributed by atoms with E-state index in [9.17, 15) is 4.39 Å². The Balaban J connectivity index is 1.98. The lowest BCUT2D eigenvalue weighted by molar-refractivity contribution is 0.306. The molecule has 2 aromatic rings. The maximum absolute atomic E-state index is 13.4. The molecule has 108 valence electrons. The molecule has 1 N–H and O–H groups in total. The largest absolute Gasteiger partial charge is 0.487 e. The van der Waals surface area contributed by atoms with E-state index < -0.39 is 5.82 Å². The second-order valence-electron chi connectivity index (χ2n) is 4.13. The molecule has 20 heavy (non-hydrogen) atoms. The lowest BCUT2D eigenvalue weighted by Gasteiger charge is -2.08. The van der Waals surface area contributed by atoms with Gasteiger partial charge in [-0.3, -0.25) is 0 Å². The zero-order chi connectivity index (χ0) is 14.5. The van der Waals surface area contributed by atoms with Gasteiger partial charge in [0.15, 0.2) is 0 Å². The van der Waals surface area contributed by atoms with Crippen LogP contribution in [-0.4, -0.2) is 6.54 Å². The maximum atomic E-state index is 13.4. The van der Waals surface area contributed by atoms with Gasteiger partial charge in [0.25, 0.3) is 0 Å². The van der Waals surface area contributed by atoms with E-state index in [2.05, 4.69) is 34.2 Å². The fourth-order valence-corrected chi connectivity index (χ4v) is 3.26.